The number of nitrogens with one attached hydrogen (secondary N) is 2. The SMILES string of the molecule is CCCC1CC1NC(=O)c1cc(NC)c2ccccc2n1. The normalized spacial score (nSPS) is 20.3. The molecular weight excluding hydrogens is 262 g/mol. The lowest BCUT2D eigenvalue weighted by atomic mass is 10.1. The first-order chi connectivity index (χ1) is 10.2. The van der Waals surface area contributed by atoms with Gasteiger partial charge in [0.1, 0.15) is 5.69 Å². The molecule has 1 saturated carbocycles. The summed E-state index contributed by atoms with van der Waals surface area (Å²) in [4.78, 5) is 16.8. The van der Waals surface area contributed by atoms with E-state index in [1.54, 1.807) is 0 Å². The van der Waals surface area contributed by atoms with Crippen LogP contribution in [-0.2, 0) is 0 Å². The van der Waals surface area contributed by atoms with Gasteiger partial charge in [-0.1, -0.05) is 31.5 Å². The number of carbonyl (C=O) groups excluding carboxylic acids is 1. The lowest BCUT2D eigenvalue weighted by molar-refractivity contribution is 0.0944. The Kier molecular flexibility index (Phi) is 3.78. The molecule has 2 aromatic rings. The number of benzene rings is 1. The van der Waals surface area contributed by atoms with Gasteiger partial charge < -0.3 is 10.6 Å². The molecule has 1 aliphatic carbocycles. The van der Waals surface area contributed by atoms with E-state index in [0.29, 0.717) is 17.7 Å². The van der Waals surface area contributed by atoms with E-state index in [1.807, 2.05) is 37.4 Å². The van der Waals surface area contributed by atoms with Gasteiger partial charge in [0.2, 0.25) is 0 Å². The summed E-state index contributed by atoms with van der Waals surface area (Å²) < 4.78 is 0. The predicted molar refractivity (Wildman–Crippen MR) is 85.6 cm³/mol. The van der Waals surface area contributed by atoms with Crippen molar-refractivity contribution in [2.45, 2.75) is 32.2 Å². The van der Waals surface area contributed by atoms with E-state index in [2.05, 4.69) is 22.5 Å². The molecule has 1 aliphatic rings. The van der Waals surface area contributed by atoms with E-state index in [0.717, 1.165) is 23.0 Å². The quantitative estimate of drug-likeness (QED) is 0.886. The third kappa shape index (κ3) is 2.84. The summed E-state index contributed by atoms with van der Waals surface area (Å²) in [6, 6.07) is 10.0. The monoisotopic (exact) mass is 283 g/mol. The molecule has 2 N–H and O–H groups in total. The van der Waals surface area contributed by atoms with Gasteiger partial charge in [-0.3, -0.25) is 4.79 Å². The van der Waals surface area contributed by atoms with E-state index in [4.69, 9.17) is 0 Å². The van der Waals surface area contributed by atoms with Crippen LogP contribution in [0.3, 0.4) is 0 Å². The number of carbonyl (C=O) groups is 1. The number of para-hydroxylation sites is 1. The van der Waals surface area contributed by atoms with Crippen molar-refractivity contribution < 1.29 is 4.79 Å². The molecule has 0 bridgehead atoms. The highest BCUT2D eigenvalue weighted by molar-refractivity contribution is 5.99. The molecule has 2 unspecified atom stereocenters. The topological polar surface area (TPSA) is 54.0 Å². The fraction of sp³-hybridized carbons (Fsp3) is 0.412. The van der Waals surface area contributed by atoms with E-state index in [1.165, 1.54) is 12.8 Å². The number of hydrogen-bond acceptors (Lipinski definition) is 3. The van der Waals surface area contributed by atoms with Gasteiger partial charge in [-0.15, -0.1) is 0 Å². The minimum absolute atomic E-state index is 0.0687. The number of hydrogen-bond donors (Lipinski definition) is 2. The molecule has 1 aromatic heterocycles. The van der Waals surface area contributed by atoms with Crippen LogP contribution in [0.4, 0.5) is 5.69 Å². The molecule has 4 nitrogen and oxygen atoms in total. The molecule has 1 aromatic carbocycles. The van der Waals surface area contributed by atoms with Crippen LogP contribution in [0.2, 0.25) is 0 Å². The number of anilines is 1. The van der Waals surface area contributed by atoms with E-state index < -0.39 is 0 Å². The van der Waals surface area contributed by atoms with Crippen LogP contribution >= 0.6 is 0 Å². The first-order valence-corrected chi connectivity index (χ1v) is 7.61. The van der Waals surface area contributed by atoms with Crippen LogP contribution < -0.4 is 10.6 Å². The van der Waals surface area contributed by atoms with Crippen molar-refractivity contribution in [2.75, 3.05) is 12.4 Å². The average Bonchev–Trinajstić information content (AvgIpc) is 3.24. The minimum atomic E-state index is -0.0687. The zero-order valence-electron chi connectivity index (χ0n) is 12.5. The Morgan fingerprint density at radius 3 is 2.95 bits per heavy atom. The van der Waals surface area contributed by atoms with Crippen LogP contribution in [0, 0.1) is 5.92 Å². The Balaban J connectivity index is 1.82. The molecule has 0 saturated heterocycles. The third-order valence-electron chi connectivity index (χ3n) is 4.12. The number of amides is 1. The van der Waals surface area contributed by atoms with Crippen LogP contribution in [-0.4, -0.2) is 24.0 Å². The van der Waals surface area contributed by atoms with Crippen LogP contribution in [0.5, 0.6) is 0 Å². The van der Waals surface area contributed by atoms with E-state index in [-0.39, 0.29) is 5.91 Å². The lowest BCUT2D eigenvalue weighted by Gasteiger charge is -2.09. The summed E-state index contributed by atoms with van der Waals surface area (Å²) in [5.41, 5.74) is 2.27. The molecule has 3 rings (SSSR count). The van der Waals surface area contributed by atoms with Crippen LogP contribution in [0.1, 0.15) is 36.7 Å². The van der Waals surface area contributed by atoms with E-state index >= 15 is 0 Å². The summed E-state index contributed by atoms with van der Waals surface area (Å²) in [5.74, 6) is 0.587. The van der Waals surface area contributed by atoms with Crippen LogP contribution in [0.25, 0.3) is 10.9 Å². The van der Waals surface area contributed by atoms with Gasteiger partial charge in [0.15, 0.2) is 0 Å². The molecule has 0 spiro atoms. The Hall–Kier alpha value is -2.10. The van der Waals surface area contributed by atoms with Gasteiger partial charge in [-0.05, 0) is 30.9 Å². The first-order valence-electron chi connectivity index (χ1n) is 7.61. The summed E-state index contributed by atoms with van der Waals surface area (Å²) in [7, 11) is 1.86. The van der Waals surface area contributed by atoms with Gasteiger partial charge in [-0.25, -0.2) is 4.98 Å². The number of nitrogens with zero attached hydrogens (tertiary/aromatic N) is 1. The Bertz CT molecular complexity index is 668. The molecule has 1 fully saturated rings. The summed E-state index contributed by atoms with van der Waals surface area (Å²) in [6.07, 6.45) is 3.47. The van der Waals surface area contributed by atoms with Gasteiger partial charge >= 0.3 is 0 Å². The molecule has 2 atom stereocenters. The summed E-state index contributed by atoms with van der Waals surface area (Å²) in [6.45, 7) is 2.18. The predicted octanol–water partition coefficient (Wildman–Crippen LogP) is 3.19. The van der Waals surface area contributed by atoms with Crippen molar-refractivity contribution in [3.63, 3.8) is 0 Å². The molecule has 21 heavy (non-hydrogen) atoms. The number of fused-ring (bicyclic) bond motifs is 1. The highest BCUT2D eigenvalue weighted by Gasteiger charge is 2.37. The van der Waals surface area contributed by atoms with Crippen molar-refractivity contribution in [1.29, 1.82) is 0 Å². The second-order valence-electron chi connectivity index (χ2n) is 5.69. The fourth-order valence-corrected chi connectivity index (χ4v) is 2.86. The van der Waals surface area contributed by atoms with Gasteiger partial charge in [-0.2, -0.15) is 0 Å². The van der Waals surface area contributed by atoms with Crippen molar-refractivity contribution in [1.82, 2.24) is 10.3 Å². The van der Waals surface area contributed by atoms with Gasteiger partial charge in [0, 0.05) is 24.2 Å². The molecule has 0 radical (unpaired) electrons. The molecule has 1 amide bonds. The lowest BCUT2D eigenvalue weighted by Crippen LogP contribution is -2.27. The maximum Gasteiger partial charge on any atom is 0.270 e. The fourth-order valence-electron chi connectivity index (χ4n) is 2.86. The highest BCUT2D eigenvalue weighted by atomic mass is 16.2. The number of pyridine rings is 1. The highest BCUT2D eigenvalue weighted by Crippen LogP contribution is 2.34. The van der Waals surface area contributed by atoms with Crippen molar-refractivity contribution in [2.24, 2.45) is 5.92 Å². The minimum Gasteiger partial charge on any atom is -0.388 e. The smallest absolute Gasteiger partial charge is 0.270 e. The Morgan fingerprint density at radius 1 is 1.38 bits per heavy atom. The number of aromatic nitrogens is 1. The molecule has 1 heterocycles. The summed E-state index contributed by atoms with van der Waals surface area (Å²) in [5, 5.41) is 7.27. The second kappa shape index (κ2) is 5.72. The maximum atomic E-state index is 12.4. The largest absolute Gasteiger partial charge is 0.388 e. The summed E-state index contributed by atoms with van der Waals surface area (Å²) >= 11 is 0. The molecule has 4 heteroatoms. The standard InChI is InChI=1S/C17H21N3O/c1-3-6-11-9-14(11)20-17(21)16-10-15(18-2)12-7-4-5-8-13(12)19-16/h4-5,7-8,10-11,14H,3,6,9H2,1-2H3,(H,18,19)(H,20,21). The van der Waals surface area contributed by atoms with Crippen molar-refractivity contribution >= 4 is 22.5 Å². The van der Waals surface area contributed by atoms with Gasteiger partial charge in [0.05, 0.1) is 5.52 Å². The second-order valence-corrected chi connectivity index (χ2v) is 5.69. The third-order valence-corrected chi connectivity index (χ3v) is 4.12. The Labute approximate surface area is 125 Å². The van der Waals surface area contributed by atoms with Gasteiger partial charge in [0.25, 0.3) is 5.91 Å². The first kappa shape index (κ1) is 13.9. The zero-order chi connectivity index (χ0) is 14.8. The maximum absolute atomic E-state index is 12.4. The zero-order valence-corrected chi connectivity index (χ0v) is 12.5. The van der Waals surface area contributed by atoms with Crippen LogP contribution in [0.15, 0.2) is 30.3 Å². The van der Waals surface area contributed by atoms with E-state index in [9.17, 15) is 4.79 Å². The average molecular weight is 283 g/mol. The number of rotatable bonds is 5. The Morgan fingerprint density at radius 2 is 2.19 bits per heavy atom. The van der Waals surface area contributed by atoms with Crippen molar-refractivity contribution in [3.8, 4) is 0 Å². The molecule has 0 aliphatic heterocycles. The molecular formula is C17H21N3O. The van der Waals surface area contributed by atoms with Crippen molar-refractivity contribution in [3.05, 3.63) is 36.0 Å². The molecule has 110 valence electrons.